The molecule has 0 bridgehead atoms. The second-order valence-corrected chi connectivity index (χ2v) is 10.2. The number of unbranched alkanes of at least 4 members (excludes halogenated alkanes) is 5. The Bertz CT molecular complexity index is 1170. The fourth-order valence-corrected chi connectivity index (χ4v) is 4.22. The van der Waals surface area contributed by atoms with E-state index in [2.05, 4.69) is 55.3 Å². The van der Waals surface area contributed by atoms with Gasteiger partial charge in [0, 0.05) is 31.9 Å². The first-order valence-corrected chi connectivity index (χ1v) is 15.4. The predicted molar refractivity (Wildman–Crippen MR) is 173 cm³/mol. The highest BCUT2D eigenvalue weighted by Gasteiger charge is 2.09. The van der Waals surface area contributed by atoms with E-state index < -0.39 is 0 Å². The number of aromatic nitrogens is 3. The molecule has 0 saturated carbocycles. The molecule has 2 aromatic carbocycles. The van der Waals surface area contributed by atoms with Gasteiger partial charge in [-0.2, -0.15) is 15.0 Å². The SMILES string of the molecule is CCCCCCCCNc1nc(NCc2ccccc2)nc(Nc2ccc(CC(=O)NCCOCCOCCN)cc2)n1. The number of carbonyl (C=O) groups excluding carboxylic acids is 1. The Morgan fingerprint density at radius 2 is 1.40 bits per heavy atom. The van der Waals surface area contributed by atoms with Crippen LogP contribution in [0.15, 0.2) is 54.6 Å². The van der Waals surface area contributed by atoms with Gasteiger partial charge in [0.1, 0.15) is 0 Å². The normalized spacial score (nSPS) is 10.8. The molecule has 0 aliphatic rings. The fraction of sp³-hybridized carbons (Fsp3) is 0.500. The maximum Gasteiger partial charge on any atom is 0.233 e. The number of nitrogens with one attached hydrogen (secondary N) is 4. The number of nitrogens with zero attached hydrogens (tertiary/aromatic N) is 3. The van der Waals surface area contributed by atoms with Crippen LogP contribution in [-0.4, -0.2) is 66.9 Å². The first-order chi connectivity index (χ1) is 21.2. The van der Waals surface area contributed by atoms with Gasteiger partial charge in [-0.05, 0) is 29.7 Å². The molecule has 0 aliphatic heterocycles. The molecule has 0 fully saturated rings. The average Bonchev–Trinajstić information content (AvgIpc) is 3.02. The van der Waals surface area contributed by atoms with Crippen molar-refractivity contribution >= 4 is 29.4 Å². The molecule has 3 aromatic rings. The number of amides is 1. The van der Waals surface area contributed by atoms with Crippen LogP contribution in [0, 0.1) is 0 Å². The molecule has 0 radical (unpaired) electrons. The van der Waals surface area contributed by atoms with E-state index in [1.54, 1.807) is 0 Å². The third-order valence-corrected chi connectivity index (χ3v) is 6.52. The molecule has 6 N–H and O–H groups in total. The van der Waals surface area contributed by atoms with Crippen molar-refractivity contribution in [3.8, 4) is 0 Å². The monoisotopic (exact) mass is 592 g/mol. The number of anilines is 4. The molecule has 0 atom stereocenters. The van der Waals surface area contributed by atoms with E-state index in [0.717, 1.165) is 29.8 Å². The minimum absolute atomic E-state index is 0.0589. The van der Waals surface area contributed by atoms with E-state index in [4.69, 9.17) is 15.2 Å². The second kappa shape index (κ2) is 21.0. The lowest BCUT2D eigenvalue weighted by Crippen LogP contribution is -2.29. The molecule has 1 aromatic heterocycles. The number of rotatable bonds is 23. The van der Waals surface area contributed by atoms with Crippen LogP contribution in [-0.2, 0) is 27.2 Å². The van der Waals surface area contributed by atoms with E-state index in [1.807, 2.05) is 42.5 Å². The molecule has 234 valence electrons. The van der Waals surface area contributed by atoms with Gasteiger partial charge in [0.25, 0.3) is 0 Å². The largest absolute Gasteiger partial charge is 0.378 e. The lowest BCUT2D eigenvalue weighted by atomic mass is 10.1. The summed E-state index contributed by atoms with van der Waals surface area (Å²) in [7, 11) is 0. The van der Waals surface area contributed by atoms with Gasteiger partial charge in [-0.15, -0.1) is 0 Å². The van der Waals surface area contributed by atoms with E-state index in [9.17, 15) is 4.79 Å². The molecule has 3 rings (SSSR count). The number of ether oxygens (including phenoxy) is 2. The Labute approximate surface area is 255 Å². The van der Waals surface area contributed by atoms with Crippen molar-refractivity contribution < 1.29 is 14.3 Å². The van der Waals surface area contributed by atoms with Crippen molar-refractivity contribution in [1.82, 2.24) is 20.3 Å². The van der Waals surface area contributed by atoms with Gasteiger partial charge < -0.3 is 36.5 Å². The van der Waals surface area contributed by atoms with Gasteiger partial charge in [-0.25, -0.2) is 0 Å². The van der Waals surface area contributed by atoms with E-state index in [-0.39, 0.29) is 12.3 Å². The van der Waals surface area contributed by atoms with Crippen LogP contribution >= 0.6 is 0 Å². The van der Waals surface area contributed by atoms with Crippen LogP contribution in [0.25, 0.3) is 0 Å². The number of benzene rings is 2. The van der Waals surface area contributed by atoms with Crippen molar-refractivity contribution in [1.29, 1.82) is 0 Å². The van der Waals surface area contributed by atoms with Crippen LogP contribution in [0.4, 0.5) is 23.5 Å². The van der Waals surface area contributed by atoms with Gasteiger partial charge >= 0.3 is 0 Å². The number of carbonyl (C=O) groups is 1. The summed E-state index contributed by atoms with van der Waals surface area (Å²) in [5, 5.41) is 12.8. The third-order valence-electron chi connectivity index (χ3n) is 6.52. The van der Waals surface area contributed by atoms with E-state index in [1.165, 1.54) is 32.1 Å². The predicted octanol–water partition coefficient (Wildman–Crippen LogP) is 4.65. The van der Waals surface area contributed by atoms with Crippen LogP contribution in [0.2, 0.25) is 0 Å². The molecule has 0 aliphatic carbocycles. The summed E-state index contributed by atoms with van der Waals surface area (Å²) in [4.78, 5) is 26.1. The summed E-state index contributed by atoms with van der Waals surface area (Å²) in [6, 6.07) is 17.8. The minimum atomic E-state index is -0.0589. The van der Waals surface area contributed by atoms with E-state index in [0.29, 0.717) is 63.9 Å². The van der Waals surface area contributed by atoms with Crippen LogP contribution < -0.4 is 27.0 Å². The lowest BCUT2D eigenvalue weighted by Gasteiger charge is -2.12. The third kappa shape index (κ3) is 14.8. The number of hydrogen-bond acceptors (Lipinski definition) is 10. The fourth-order valence-electron chi connectivity index (χ4n) is 4.22. The summed E-state index contributed by atoms with van der Waals surface area (Å²) in [5.74, 6) is 1.40. The van der Waals surface area contributed by atoms with Gasteiger partial charge in [0.05, 0.1) is 32.8 Å². The first kappa shape index (κ1) is 33.7. The van der Waals surface area contributed by atoms with Crippen molar-refractivity contribution in [3.05, 3.63) is 65.7 Å². The Balaban J connectivity index is 1.50. The standard InChI is InChI=1S/C32H48N8O3/c1-2-3-4-5-6-10-18-35-30-38-31(36-25-27-11-8-7-9-12-27)40-32(39-30)37-28-15-13-26(14-16-28)24-29(41)34-19-21-43-23-22-42-20-17-33/h7-9,11-16H,2-6,10,17-25,33H2,1H3,(H,34,41)(H3,35,36,37,38,39,40). The van der Waals surface area contributed by atoms with Gasteiger partial charge in [0.15, 0.2) is 0 Å². The zero-order chi connectivity index (χ0) is 30.4. The Kier molecular flexibility index (Phi) is 16.4. The Morgan fingerprint density at radius 3 is 2.14 bits per heavy atom. The van der Waals surface area contributed by atoms with E-state index >= 15 is 0 Å². The number of nitrogens with two attached hydrogens (primary N) is 1. The van der Waals surface area contributed by atoms with Crippen molar-refractivity contribution in [2.45, 2.75) is 58.4 Å². The molecule has 11 nitrogen and oxygen atoms in total. The van der Waals surface area contributed by atoms with Gasteiger partial charge in [-0.3, -0.25) is 4.79 Å². The van der Waals surface area contributed by atoms with Crippen LogP contribution in [0.3, 0.4) is 0 Å². The molecule has 0 spiro atoms. The second-order valence-electron chi connectivity index (χ2n) is 10.2. The van der Waals surface area contributed by atoms with Crippen molar-refractivity contribution in [3.63, 3.8) is 0 Å². The molecule has 1 amide bonds. The topological polar surface area (TPSA) is 148 Å². The van der Waals surface area contributed by atoms with Crippen molar-refractivity contribution in [2.24, 2.45) is 5.73 Å². The first-order valence-electron chi connectivity index (χ1n) is 15.4. The summed E-state index contributed by atoms with van der Waals surface area (Å²) in [6.45, 7) is 6.52. The van der Waals surface area contributed by atoms with Gasteiger partial charge in [-0.1, -0.05) is 81.5 Å². The summed E-state index contributed by atoms with van der Waals surface area (Å²) < 4.78 is 10.7. The summed E-state index contributed by atoms with van der Waals surface area (Å²) >= 11 is 0. The zero-order valence-electron chi connectivity index (χ0n) is 25.4. The number of hydrogen-bond donors (Lipinski definition) is 5. The summed E-state index contributed by atoms with van der Waals surface area (Å²) in [5.41, 5.74) is 8.23. The van der Waals surface area contributed by atoms with Crippen molar-refractivity contribution in [2.75, 3.05) is 62.0 Å². The molecule has 0 saturated heterocycles. The highest BCUT2D eigenvalue weighted by molar-refractivity contribution is 5.78. The minimum Gasteiger partial charge on any atom is -0.378 e. The molecular weight excluding hydrogens is 544 g/mol. The molecule has 43 heavy (non-hydrogen) atoms. The lowest BCUT2D eigenvalue weighted by molar-refractivity contribution is -0.120. The smallest absolute Gasteiger partial charge is 0.233 e. The highest BCUT2D eigenvalue weighted by Crippen LogP contribution is 2.18. The molecule has 1 heterocycles. The van der Waals surface area contributed by atoms with Crippen LogP contribution in [0.1, 0.15) is 56.6 Å². The Hall–Kier alpha value is -3.80. The van der Waals surface area contributed by atoms with Gasteiger partial charge in [0.2, 0.25) is 23.8 Å². The maximum absolute atomic E-state index is 12.3. The average molecular weight is 593 g/mol. The molecule has 0 unspecified atom stereocenters. The highest BCUT2D eigenvalue weighted by atomic mass is 16.5. The quantitative estimate of drug-likeness (QED) is 0.0986. The summed E-state index contributed by atoms with van der Waals surface area (Å²) in [6.07, 6.45) is 7.62. The maximum atomic E-state index is 12.3. The zero-order valence-corrected chi connectivity index (χ0v) is 25.4. The molecule has 11 heteroatoms. The molecular formula is C32H48N8O3. The Morgan fingerprint density at radius 1 is 0.721 bits per heavy atom. The van der Waals surface area contributed by atoms with Crippen LogP contribution in [0.5, 0.6) is 0 Å².